The average Bonchev–Trinajstić information content (AvgIpc) is 2.40. The highest BCUT2D eigenvalue weighted by Crippen LogP contribution is 2.18. The van der Waals surface area contributed by atoms with Gasteiger partial charge in [0.15, 0.2) is 0 Å². The number of carbonyl (C=O) groups is 1. The molecule has 0 aliphatic carbocycles. The van der Waals surface area contributed by atoms with E-state index in [1.807, 2.05) is 6.92 Å². The largest absolute Gasteiger partial charge is 0.378 e. The molecular formula is C8H14O2. The van der Waals surface area contributed by atoms with Crippen molar-refractivity contribution >= 4 is 6.29 Å². The van der Waals surface area contributed by atoms with Crippen LogP contribution in [0.25, 0.3) is 0 Å². The standard InChI is InChI=1S/C8H14O2/c1-7(6-9)5-8-3-2-4-10-8/h6-8H,2-5H2,1H3/t7-,8+/m0/s1. The number of hydrogen-bond acceptors (Lipinski definition) is 2. The van der Waals surface area contributed by atoms with Gasteiger partial charge in [-0.15, -0.1) is 0 Å². The zero-order valence-electron chi connectivity index (χ0n) is 6.38. The first-order valence-electron chi connectivity index (χ1n) is 3.90. The van der Waals surface area contributed by atoms with E-state index in [-0.39, 0.29) is 5.92 Å². The van der Waals surface area contributed by atoms with Gasteiger partial charge in [-0.3, -0.25) is 0 Å². The lowest BCUT2D eigenvalue weighted by Crippen LogP contribution is -2.10. The second-order valence-electron chi connectivity index (χ2n) is 2.98. The smallest absolute Gasteiger partial charge is 0.122 e. The quantitative estimate of drug-likeness (QED) is 0.556. The number of ether oxygens (including phenoxy) is 1. The highest BCUT2D eigenvalue weighted by molar-refractivity contribution is 5.52. The van der Waals surface area contributed by atoms with E-state index in [9.17, 15) is 4.79 Å². The molecule has 0 spiro atoms. The number of aldehydes is 1. The van der Waals surface area contributed by atoms with Gasteiger partial charge >= 0.3 is 0 Å². The first-order valence-corrected chi connectivity index (χ1v) is 3.90. The van der Waals surface area contributed by atoms with E-state index in [2.05, 4.69) is 0 Å². The molecule has 2 nitrogen and oxygen atoms in total. The van der Waals surface area contributed by atoms with Gasteiger partial charge in [0.05, 0.1) is 6.10 Å². The molecule has 1 rings (SSSR count). The molecular weight excluding hydrogens is 128 g/mol. The number of rotatable bonds is 3. The van der Waals surface area contributed by atoms with Crippen LogP contribution in [0.3, 0.4) is 0 Å². The van der Waals surface area contributed by atoms with Crippen LogP contribution in [0.4, 0.5) is 0 Å². The summed E-state index contributed by atoms with van der Waals surface area (Å²) in [5.41, 5.74) is 0. The van der Waals surface area contributed by atoms with Gasteiger partial charge in [-0.1, -0.05) is 6.92 Å². The fourth-order valence-corrected chi connectivity index (χ4v) is 1.30. The highest BCUT2D eigenvalue weighted by Gasteiger charge is 2.17. The van der Waals surface area contributed by atoms with Crippen molar-refractivity contribution < 1.29 is 9.53 Å². The molecule has 10 heavy (non-hydrogen) atoms. The van der Waals surface area contributed by atoms with Crippen molar-refractivity contribution in [1.29, 1.82) is 0 Å². The Balaban J connectivity index is 2.17. The lowest BCUT2D eigenvalue weighted by Gasteiger charge is -2.09. The van der Waals surface area contributed by atoms with Crippen LogP contribution in [0.1, 0.15) is 26.2 Å². The molecule has 0 unspecified atom stereocenters. The molecule has 1 aliphatic rings. The summed E-state index contributed by atoms with van der Waals surface area (Å²) in [6.45, 7) is 2.82. The summed E-state index contributed by atoms with van der Waals surface area (Å²) in [5.74, 6) is 0.170. The zero-order valence-corrected chi connectivity index (χ0v) is 6.38. The molecule has 1 heterocycles. The molecule has 0 aromatic heterocycles. The molecule has 1 aliphatic heterocycles. The van der Waals surface area contributed by atoms with Gasteiger partial charge in [0.25, 0.3) is 0 Å². The van der Waals surface area contributed by atoms with Gasteiger partial charge in [0, 0.05) is 12.5 Å². The van der Waals surface area contributed by atoms with Crippen molar-refractivity contribution in [2.45, 2.75) is 32.3 Å². The van der Waals surface area contributed by atoms with E-state index < -0.39 is 0 Å². The molecule has 1 saturated heterocycles. The van der Waals surface area contributed by atoms with Crippen LogP contribution in [-0.2, 0) is 9.53 Å². The van der Waals surface area contributed by atoms with Crippen LogP contribution in [0.5, 0.6) is 0 Å². The number of carbonyl (C=O) groups excluding carboxylic acids is 1. The van der Waals surface area contributed by atoms with Crippen LogP contribution in [0.2, 0.25) is 0 Å². The molecule has 58 valence electrons. The van der Waals surface area contributed by atoms with Crippen molar-refractivity contribution in [3.8, 4) is 0 Å². The lowest BCUT2D eigenvalue weighted by molar-refractivity contribution is -0.111. The van der Waals surface area contributed by atoms with Crippen molar-refractivity contribution in [1.82, 2.24) is 0 Å². The fourth-order valence-electron chi connectivity index (χ4n) is 1.30. The summed E-state index contributed by atoms with van der Waals surface area (Å²) < 4.78 is 5.37. The second kappa shape index (κ2) is 3.71. The maximum Gasteiger partial charge on any atom is 0.122 e. The topological polar surface area (TPSA) is 26.3 Å². The summed E-state index contributed by atoms with van der Waals surface area (Å²) in [6.07, 6.45) is 4.57. The third-order valence-corrected chi connectivity index (χ3v) is 1.89. The maximum atomic E-state index is 10.2. The Hall–Kier alpha value is -0.370. The summed E-state index contributed by atoms with van der Waals surface area (Å²) in [4.78, 5) is 10.2. The van der Waals surface area contributed by atoms with Crippen molar-refractivity contribution in [3.05, 3.63) is 0 Å². The van der Waals surface area contributed by atoms with Gasteiger partial charge in [-0.25, -0.2) is 0 Å². The van der Waals surface area contributed by atoms with Crippen LogP contribution in [-0.4, -0.2) is 19.0 Å². The maximum absolute atomic E-state index is 10.2. The minimum atomic E-state index is 0.170. The third-order valence-electron chi connectivity index (χ3n) is 1.89. The van der Waals surface area contributed by atoms with E-state index in [0.717, 1.165) is 32.2 Å². The van der Waals surface area contributed by atoms with E-state index in [4.69, 9.17) is 4.74 Å². The Morgan fingerprint density at radius 3 is 3.10 bits per heavy atom. The third kappa shape index (κ3) is 2.10. The molecule has 0 amide bonds. The van der Waals surface area contributed by atoms with Gasteiger partial charge in [0.2, 0.25) is 0 Å². The van der Waals surface area contributed by atoms with Gasteiger partial charge in [-0.05, 0) is 19.3 Å². The monoisotopic (exact) mass is 142 g/mol. The normalized spacial score (nSPS) is 28.3. The Morgan fingerprint density at radius 1 is 1.80 bits per heavy atom. The van der Waals surface area contributed by atoms with Crippen molar-refractivity contribution in [3.63, 3.8) is 0 Å². The highest BCUT2D eigenvalue weighted by atomic mass is 16.5. The predicted octanol–water partition coefficient (Wildman–Crippen LogP) is 1.39. The molecule has 2 atom stereocenters. The predicted molar refractivity (Wildman–Crippen MR) is 38.8 cm³/mol. The number of hydrogen-bond donors (Lipinski definition) is 0. The van der Waals surface area contributed by atoms with Crippen LogP contribution < -0.4 is 0 Å². The summed E-state index contributed by atoms with van der Waals surface area (Å²) >= 11 is 0. The van der Waals surface area contributed by atoms with E-state index in [0.29, 0.717) is 6.10 Å². The van der Waals surface area contributed by atoms with Gasteiger partial charge < -0.3 is 9.53 Å². The van der Waals surface area contributed by atoms with Crippen LogP contribution in [0, 0.1) is 5.92 Å². The summed E-state index contributed by atoms with van der Waals surface area (Å²) in [6, 6.07) is 0. The molecule has 0 saturated carbocycles. The van der Waals surface area contributed by atoms with Crippen LogP contribution >= 0.6 is 0 Å². The van der Waals surface area contributed by atoms with Crippen LogP contribution in [0.15, 0.2) is 0 Å². The minimum Gasteiger partial charge on any atom is -0.378 e. The van der Waals surface area contributed by atoms with Crippen molar-refractivity contribution in [2.75, 3.05) is 6.61 Å². The van der Waals surface area contributed by atoms with E-state index in [1.165, 1.54) is 0 Å². The molecule has 0 aromatic rings. The minimum absolute atomic E-state index is 0.170. The molecule has 1 fully saturated rings. The Morgan fingerprint density at radius 2 is 2.60 bits per heavy atom. The Bertz CT molecular complexity index is 106. The molecule has 0 aromatic carbocycles. The second-order valence-corrected chi connectivity index (χ2v) is 2.98. The lowest BCUT2D eigenvalue weighted by atomic mass is 10.0. The van der Waals surface area contributed by atoms with Gasteiger partial charge in [0.1, 0.15) is 6.29 Å². The first-order chi connectivity index (χ1) is 4.83. The first kappa shape index (κ1) is 7.73. The Labute approximate surface area is 61.6 Å². The van der Waals surface area contributed by atoms with E-state index in [1.54, 1.807) is 0 Å². The molecule has 0 N–H and O–H groups in total. The Kier molecular flexibility index (Phi) is 2.87. The van der Waals surface area contributed by atoms with Crippen molar-refractivity contribution in [2.24, 2.45) is 5.92 Å². The molecule has 0 radical (unpaired) electrons. The zero-order chi connectivity index (χ0) is 7.40. The van der Waals surface area contributed by atoms with Gasteiger partial charge in [-0.2, -0.15) is 0 Å². The summed E-state index contributed by atoms with van der Waals surface area (Å²) in [5, 5.41) is 0. The average molecular weight is 142 g/mol. The molecule has 0 bridgehead atoms. The van der Waals surface area contributed by atoms with E-state index >= 15 is 0 Å². The fraction of sp³-hybridized carbons (Fsp3) is 0.875. The molecule has 2 heteroatoms. The summed E-state index contributed by atoms with van der Waals surface area (Å²) in [7, 11) is 0. The SMILES string of the molecule is C[C@H](C=O)C[C@H]1CCCO1.